The largest absolute Gasteiger partial charge is 0.480 e. The van der Waals surface area contributed by atoms with E-state index in [0.717, 1.165) is 5.56 Å². The molecule has 1 fully saturated rings. The average Bonchev–Trinajstić information content (AvgIpc) is 2.66. The molecule has 9 heteroatoms. The quantitative estimate of drug-likeness (QED) is 0.637. The maximum Gasteiger partial charge on any atom is 0.410 e. The van der Waals surface area contributed by atoms with Gasteiger partial charge in [0.15, 0.2) is 0 Å². The smallest absolute Gasteiger partial charge is 0.410 e. The zero-order chi connectivity index (χ0) is 22.5. The molecule has 2 rings (SSSR count). The molecule has 1 aromatic rings. The number of nitrogens with two attached hydrogens (primary N) is 1. The third-order valence-electron chi connectivity index (χ3n) is 5.04. The number of hydrogen-bond donors (Lipinski definition) is 3. The number of likely N-dealkylation sites (tertiary alicyclic amines) is 1. The Morgan fingerprint density at radius 2 is 1.73 bits per heavy atom. The molecule has 3 amide bonds. The number of nitrogens with one attached hydrogen (secondary N) is 1. The molecule has 1 heterocycles. The van der Waals surface area contributed by atoms with Gasteiger partial charge in [-0.15, -0.1) is 0 Å². The first-order chi connectivity index (χ1) is 13.9. The lowest BCUT2D eigenvalue weighted by molar-refractivity contribution is -0.144. The Bertz CT molecular complexity index is 795. The van der Waals surface area contributed by atoms with Crippen molar-refractivity contribution in [2.75, 3.05) is 13.1 Å². The number of primary amides is 1. The van der Waals surface area contributed by atoms with Crippen molar-refractivity contribution in [2.24, 2.45) is 5.73 Å². The molecule has 0 radical (unpaired) electrons. The number of amides is 3. The van der Waals surface area contributed by atoms with Crippen molar-refractivity contribution in [3.8, 4) is 0 Å². The first kappa shape index (κ1) is 23.2. The molecule has 1 saturated heterocycles. The number of hydrogen-bond acceptors (Lipinski definition) is 5. The summed E-state index contributed by atoms with van der Waals surface area (Å²) in [5.41, 5.74) is 4.17. The predicted octanol–water partition coefficient (Wildman–Crippen LogP) is 1.40. The van der Waals surface area contributed by atoms with Gasteiger partial charge in [-0.25, -0.2) is 9.59 Å². The topological polar surface area (TPSA) is 139 Å². The minimum Gasteiger partial charge on any atom is -0.480 e. The number of carbonyl (C=O) groups excluding carboxylic acids is 3. The summed E-state index contributed by atoms with van der Waals surface area (Å²) in [4.78, 5) is 49.9. The fourth-order valence-corrected chi connectivity index (χ4v) is 3.50. The number of carbonyl (C=O) groups is 4. The maximum atomic E-state index is 13.3. The van der Waals surface area contributed by atoms with Crippen LogP contribution in [0.1, 0.15) is 45.6 Å². The second-order valence-electron chi connectivity index (χ2n) is 8.45. The molecule has 1 aliphatic heterocycles. The van der Waals surface area contributed by atoms with Crippen LogP contribution in [0.5, 0.6) is 0 Å². The molecule has 0 aliphatic carbocycles. The normalized spacial score (nSPS) is 17.0. The first-order valence-electron chi connectivity index (χ1n) is 9.80. The predicted molar refractivity (Wildman–Crippen MR) is 109 cm³/mol. The highest BCUT2D eigenvalue weighted by molar-refractivity contribution is 5.93. The first-order valence-corrected chi connectivity index (χ1v) is 9.80. The molecule has 0 saturated carbocycles. The van der Waals surface area contributed by atoms with E-state index in [1.165, 1.54) is 4.90 Å². The Balaban J connectivity index is 2.25. The molecule has 1 aliphatic rings. The zero-order valence-electron chi connectivity index (χ0n) is 17.5. The van der Waals surface area contributed by atoms with Crippen LogP contribution in [0.2, 0.25) is 0 Å². The third-order valence-corrected chi connectivity index (χ3v) is 5.04. The zero-order valence-corrected chi connectivity index (χ0v) is 17.5. The number of piperidine rings is 1. The number of carboxylic acid groups (broad SMARTS) is 1. The van der Waals surface area contributed by atoms with Gasteiger partial charge in [-0.3, -0.25) is 9.59 Å². The van der Waals surface area contributed by atoms with E-state index in [9.17, 15) is 24.3 Å². The van der Waals surface area contributed by atoms with Gasteiger partial charge in [0.1, 0.15) is 11.6 Å². The van der Waals surface area contributed by atoms with Crippen LogP contribution < -0.4 is 11.1 Å². The number of rotatable bonds is 6. The highest BCUT2D eigenvalue weighted by atomic mass is 16.6. The molecule has 164 valence electrons. The summed E-state index contributed by atoms with van der Waals surface area (Å²) in [6, 6.07) is 7.59. The van der Waals surface area contributed by atoms with Crippen molar-refractivity contribution in [1.29, 1.82) is 0 Å². The van der Waals surface area contributed by atoms with Crippen LogP contribution in [0.3, 0.4) is 0 Å². The Morgan fingerprint density at radius 1 is 1.17 bits per heavy atom. The standard InChI is InChI=1S/C21H29N3O6/c1-20(2,3)30-19(29)24-11-9-21(10-12-24,14-7-5-4-6-8-14)18(28)23-15(17(26)27)13-16(22)25/h4-8,15H,9-13H2,1-3H3,(H2,22,25)(H,23,28)(H,26,27)/t15-/m1/s1. The van der Waals surface area contributed by atoms with E-state index in [1.807, 2.05) is 6.07 Å². The molecule has 1 aromatic carbocycles. The van der Waals surface area contributed by atoms with Crippen LogP contribution in [0.4, 0.5) is 4.79 Å². The van der Waals surface area contributed by atoms with Gasteiger partial charge in [0.05, 0.1) is 11.8 Å². The highest BCUT2D eigenvalue weighted by Crippen LogP contribution is 2.36. The number of nitrogens with zero attached hydrogens (tertiary/aromatic N) is 1. The summed E-state index contributed by atoms with van der Waals surface area (Å²) in [5.74, 6) is -2.67. The lowest BCUT2D eigenvalue weighted by Crippen LogP contribution is -2.56. The van der Waals surface area contributed by atoms with Gasteiger partial charge in [-0.05, 0) is 39.2 Å². The summed E-state index contributed by atoms with van der Waals surface area (Å²) >= 11 is 0. The van der Waals surface area contributed by atoms with Crippen molar-refractivity contribution < 1.29 is 29.0 Å². The van der Waals surface area contributed by atoms with Crippen LogP contribution in [0, 0.1) is 0 Å². The second-order valence-corrected chi connectivity index (χ2v) is 8.45. The lowest BCUT2D eigenvalue weighted by Gasteiger charge is -2.41. The lowest BCUT2D eigenvalue weighted by atomic mass is 9.72. The van der Waals surface area contributed by atoms with Gasteiger partial charge in [0, 0.05) is 13.1 Å². The van der Waals surface area contributed by atoms with Gasteiger partial charge in [-0.1, -0.05) is 30.3 Å². The molecular weight excluding hydrogens is 390 g/mol. The van der Waals surface area contributed by atoms with Gasteiger partial charge >= 0.3 is 12.1 Å². The Morgan fingerprint density at radius 3 is 2.20 bits per heavy atom. The van der Waals surface area contributed by atoms with E-state index >= 15 is 0 Å². The molecule has 1 atom stereocenters. The van der Waals surface area contributed by atoms with Crippen molar-refractivity contribution in [3.05, 3.63) is 35.9 Å². The van der Waals surface area contributed by atoms with Crippen molar-refractivity contribution in [1.82, 2.24) is 10.2 Å². The summed E-state index contributed by atoms with van der Waals surface area (Å²) in [7, 11) is 0. The SMILES string of the molecule is CC(C)(C)OC(=O)N1CCC(C(=O)N[C@H](CC(N)=O)C(=O)O)(c2ccccc2)CC1. The number of carboxylic acids is 1. The minimum atomic E-state index is -1.42. The van der Waals surface area contributed by atoms with Crippen molar-refractivity contribution in [2.45, 2.75) is 57.1 Å². The minimum absolute atomic E-state index is 0.269. The van der Waals surface area contributed by atoms with Gasteiger partial charge < -0.3 is 25.8 Å². The summed E-state index contributed by atoms with van der Waals surface area (Å²) < 4.78 is 5.41. The fourth-order valence-electron chi connectivity index (χ4n) is 3.50. The van der Waals surface area contributed by atoms with E-state index in [2.05, 4.69) is 5.32 Å². The van der Waals surface area contributed by atoms with Crippen LogP contribution in [0.15, 0.2) is 30.3 Å². The van der Waals surface area contributed by atoms with Crippen LogP contribution in [-0.2, 0) is 24.5 Å². The van der Waals surface area contributed by atoms with E-state index < -0.39 is 47.4 Å². The third kappa shape index (κ3) is 5.71. The Hall–Kier alpha value is -3.10. The fraction of sp³-hybridized carbons (Fsp3) is 0.524. The number of ether oxygens (including phenoxy) is 1. The molecular formula is C21H29N3O6. The molecule has 0 unspecified atom stereocenters. The Labute approximate surface area is 175 Å². The van der Waals surface area contributed by atoms with Crippen LogP contribution >= 0.6 is 0 Å². The molecule has 4 N–H and O–H groups in total. The van der Waals surface area contributed by atoms with Gasteiger partial charge in [-0.2, -0.15) is 0 Å². The highest BCUT2D eigenvalue weighted by Gasteiger charge is 2.45. The van der Waals surface area contributed by atoms with E-state index in [0.29, 0.717) is 0 Å². The maximum absolute atomic E-state index is 13.3. The van der Waals surface area contributed by atoms with Crippen molar-refractivity contribution >= 4 is 23.9 Å². The van der Waals surface area contributed by atoms with Crippen LogP contribution in [0.25, 0.3) is 0 Å². The molecule has 0 bridgehead atoms. The van der Waals surface area contributed by atoms with Gasteiger partial charge in [0.25, 0.3) is 0 Å². The van der Waals surface area contributed by atoms with E-state index in [-0.39, 0.29) is 25.9 Å². The van der Waals surface area contributed by atoms with E-state index in [1.54, 1.807) is 45.0 Å². The summed E-state index contributed by atoms with van der Waals surface area (Å²) in [6.07, 6.45) is -0.395. The summed E-state index contributed by atoms with van der Waals surface area (Å²) in [6.45, 7) is 5.87. The monoisotopic (exact) mass is 419 g/mol. The Kier molecular flexibility index (Phi) is 7.07. The van der Waals surface area contributed by atoms with Gasteiger partial charge in [0.2, 0.25) is 11.8 Å². The van der Waals surface area contributed by atoms with Crippen molar-refractivity contribution in [3.63, 3.8) is 0 Å². The number of benzene rings is 1. The summed E-state index contributed by atoms with van der Waals surface area (Å²) in [5, 5.41) is 11.8. The molecule has 0 spiro atoms. The van der Waals surface area contributed by atoms with Crippen LogP contribution in [-0.4, -0.2) is 58.6 Å². The van der Waals surface area contributed by atoms with E-state index in [4.69, 9.17) is 10.5 Å². The molecule has 30 heavy (non-hydrogen) atoms. The molecule has 0 aromatic heterocycles. The number of aliphatic carboxylic acids is 1. The molecule has 9 nitrogen and oxygen atoms in total. The average molecular weight is 419 g/mol. The second kappa shape index (κ2) is 9.15.